The van der Waals surface area contributed by atoms with Gasteiger partial charge in [0.2, 0.25) is 5.91 Å². The van der Waals surface area contributed by atoms with Crippen molar-refractivity contribution in [2.24, 2.45) is 5.92 Å². The Labute approximate surface area is 188 Å². The minimum Gasteiger partial charge on any atom is -0.497 e. The average molecular weight is 438 g/mol. The molecular formula is C23H31N7O2. The summed E-state index contributed by atoms with van der Waals surface area (Å²) >= 11 is 0. The van der Waals surface area contributed by atoms with Crippen LogP contribution in [0, 0.1) is 5.92 Å². The van der Waals surface area contributed by atoms with Gasteiger partial charge in [-0.25, -0.2) is 9.97 Å². The standard InChI is InChI=1S/C23H31N7O2/c1-4-6-17(7-5-2)23(31)29-14-12-28(13-15-29)21-20-22(25-16-24-21)30(27-26-20)18-8-10-19(32-3)11-9-18/h8-11,16-17H,4-7,12-15H2,1-3H3. The van der Waals surface area contributed by atoms with Gasteiger partial charge in [0.1, 0.15) is 12.1 Å². The molecule has 1 aliphatic heterocycles. The number of hydrogen-bond donors (Lipinski definition) is 0. The summed E-state index contributed by atoms with van der Waals surface area (Å²) in [6.07, 6.45) is 5.57. The molecule has 1 aliphatic rings. The average Bonchev–Trinajstić information content (AvgIpc) is 3.28. The maximum absolute atomic E-state index is 13.0. The van der Waals surface area contributed by atoms with Crippen LogP contribution in [-0.2, 0) is 4.79 Å². The first-order chi connectivity index (χ1) is 15.7. The van der Waals surface area contributed by atoms with Crippen molar-refractivity contribution in [1.29, 1.82) is 0 Å². The Morgan fingerprint density at radius 3 is 2.34 bits per heavy atom. The van der Waals surface area contributed by atoms with Crippen LogP contribution in [0.2, 0.25) is 0 Å². The van der Waals surface area contributed by atoms with E-state index in [1.165, 1.54) is 0 Å². The Morgan fingerprint density at radius 2 is 1.72 bits per heavy atom. The molecule has 32 heavy (non-hydrogen) atoms. The van der Waals surface area contributed by atoms with Gasteiger partial charge in [0.15, 0.2) is 17.0 Å². The molecule has 1 saturated heterocycles. The van der Waals surface area contributed by atoms with Crippen LogP contribution in [0.5, 0.6) is 5.75 Å². The number of methoxy groups -OCH3 is 1. The van der Waals surface area contributed by atoms with Gasteiger partial charge in [-0.2, -0.15) is 4.68 Å². The molecule has 0 spiro atoms. The molecule has 1 aromatic carbocycles. The van der Waals surface area contributed by atoms with Gasteiger partial charge in [0.25, 0.3) is 0 Å². The van der Waals surface area contributed by atoms with E-state index in [0.29, 0.717) is 30.2 Å². The fourth-order valence-corrected chi connectivity index (χ4v) is 4.35. The Balaban J connectivity index is 1.50. The largest absolute Gasteiger partial charge is 0.497 e. The molecule has 170 valence electrons. The monoisotopic (exact) mass is 437 g/mol. The van der Waals surface area contributed by atoms with Crippen LogP contribution in [-0.4, -0.2) is 69.1 Å². The number of nitrogens with zero attached hydrogens (tertiary/aromatic N) is 7. The maximum atomic E-state index is 13.0. The third-order valence-electron chi connectivity index (χ3n) is 6.05. The topological polar surface area (TPSA) is 89.3 Å². The third kappa shape index (κ3) is 4.37. The van der Waals surface area contributed by atoms with E-state index in [0.717, 1.165) is 56.0 Å². The number of piperazine rings is 1. The summed E-state index contributed by atoms with van der Waals surface area (Å²) in [6.45, 7) is 7.12. The van der Waals surface area contributed by atoms with Gasteiger partial charge in [0, 0.05) is 32.1 Å². The van der Waals surface area contributed by atoms with Gasteiger partial charge in [-0.15, -0.1) is 5.10 Å². The summed E-state index contributed by atoms with van der Waals surface area (Å²) in [5.74, 6) is 1.99. The molecule has 0 atom stereocenters. The molecule has 0 bridgehead atoms. The van der Waals surface area contributed by atoms with Gasteiger partial charge in [0.05, 0.1) is 12.8 Å². The normalized spacial score (nSPS) is 14.4. The minimum absolute atomic E-state index is 0.145. The van der Waals surface area contributed by atoms with Crippen LogP contribution >= 0.6 is 0 Å². The first-order valence-electron chi connectivity index (χ1n) is 11.4. The molecule has 9 nitrogen and oxygen atoms in total. The lowest BCUT2D eigenvalue weighted by Crippen LogP contribution is -2.50. The first-order valence-corrected chi connectivity index (χ1v) is 11.4. The van der Waals surface area contributed by atoms with Crippen molar-refractivity contribution >= 4 is 22.9 Å². The second kappa shape index (κ2) is 9.93. The van der Waals surface area contributed by atoms with Crippen molar-refractivity contribution in [2.45, 2.75) is 39.5 Å². The third-order valence-corrected chi connectivity index (χ3v) is 6.05. The number of carbonyl (C=O) groups excluding carboxylic acids is 1. The van der Waals surface area contributed by atoms with E-state index in [2.05, 4.69) is 39.0 Å². The fourth-order valence-electron chi connectivity index (χ4n) is 4.35. The summed E-state index contributed by atoms with van der Waals surface area (Å²) in [5, 5.41) is 8.69. The van der Waals surface area contributed by atoms with Crippen LogP contribution in [0.3, 0.4) is 0 Å². The zero-order valence-electron chi connectivity index (χ0n) is 19.1. The molecular weight excluding hydrogens is 406 g/mol. The van der Waals surface area contributed by atoms with Crippen LogP contribution in [0.15, 0.2) is 30.6 Å². The molecule has 2 aromatic heterocycles. The van der Waals surface area contributed by atoms with Crippen molar-refractivity contribution in [1.82, 2.24) is 29.9 Å². The highest BCUT2D eigenvalue weighted by Gasteiger charge is 2.28. The zero-order chi connectivity index (χ0) is 22.5. The molecule has 0 saturated carbocycles. The van der Waals surface area contributed by atoms with Crippen LogP contribution in [0.4, 0.5) is 5.82 Å². The van der Waals surface area contributed by atoms with Crippen molar-refractivity contribution in [3.05, 3.63) is 30.6 Å². The molecule has 1 fully saturated rings. The number of aromatic nitrogens is 5. The van der Waals surface area contributed by atoms with E-state index in [1.807, 2.05) is 29.2 Å². The van der Waals surface area contributed by atoms with Crippen molar-refractivity contribution < 1.29 is 9.53 Å². The van der Waals surface area contributed by atoms with Crippen molar-refractivity contribution in [3.8, 4) is 11.4 Å². The van der Waals surface area contributed by atoms with Gasteiger partial charge >= 0.3 is 0 Å². The summed E-state index contributed by atoms with van der Waals surface area (Å²) in [4.78, 5) is 26.1. The highest BCUT2D eigenvalue weighted by molar-refractivity contribution is 5.84. The second-order valence-electron chi connectivity index (χ2n) is 8.16. The number of carbonyl (C=O) groups is 1. The van der Waals surface area contributed by atoms with Gasteiger partial charge in [-0.1, -0.05) is 31.9 Å². The lowest BCUT2D eigenvalue weighted by Gasteiger charge is -2.37. The smallest absolute Gasteiger partial charge is 0.225 e. The van der Waals surface area contributed by atoms with E-state index in [-0.39, 0.29) is 5.92 Å². The van der Waals surface area contributed by atoms with Gasteiger partial charge < -0.3 is 14.5 Å². The summed E-state index contributed by atoms with van der Waals surface area (Å²) in [7, 11) is 1.64. The summed E-state index contributed by atoms with van der Waals surface area (Å²) in [5.41, 5.74) is 2.17. The van der Waals surface area contributed by atoms with Crippen molar-refractivity contribution in [3.63, 3.8) is 0 Å². The van der Waals surface area contributed by atoms with Gasteiger partial charge in [-0.3, -0.25) is 4.79 Å². The van der Waals surface area contributed by atoms with Crippen LogP contribution in [0.25, 0.3) is 16.9 Å². The number of rotatable bonds is 8. The fraction of sp³-hybridized carbons (Fsp3) is 0.522. The molecule has 3 heterocycles. The lowest BCUT2D eigenvalue weighted by molar-refractivity contribution is -0.136. The number of fused-ring (bicyclic) bond motifs is 1. The molecule has 3 aromatic rings. The highest BCUT2D eigenvalue weighted by atomic mass is 16.5. The van der Waals surface area contributed by atoms with E-state index >= 15 is 0 Å². The predicted molar refractivity (Wildman–Crippen MR) is 123 cm³/mol. The quantitative estimate of drug-likeness (QED) is 0.535. The molecule has 0 aliphatic carbocycles. The number of benzene rings is 1. The van der Waals surface area contributed by atoms with E-state index < -0.39 is 0 Å². The summed E-state index contributed by atoms with van der Waals surface area (Å²) in [6, 6.07) is 7.60. The minimum atomic E-state index is 0.145. The summed E-state index contributed by atoms with van der Waals surface area (Å²) < 4.78 is 6.94. The lowest BCUT2D eigenvalue weighted by atomic mass is 9.96. The van der Waals surface area contributed by atoms with Crippen LogP contribution < -0.4 is 9.64 Å². The zero-order valence-corrected chi connectivity index (χ0v) is 19.1. The molecule has 0 unspecified atom stereocenters. The maximum Gasteiger partial charge on any atom is 0.225 e. The number of hydrogen-bond acceptors (Lipinski definition) is 7. The second-order valence-corrected chi connectivity index (χ2v) is 8.16. The van der Waals surface area contributed by atoms with E-state index in [4.69, 9.17) is 4.74 Å². The number of ether oxygens (including phenoxy) is 1. The molecule has 9 heteroatoms. The Morgan fingerprint density at radius 1 is 1.03 bits per heavy atom. The Kier molecular flexibility index (Phi) is 6.82. The molecule has 0 N–H and O–H groups in total. The van der Waals surface area contributed by atoms with Gasteiger partial charge in [-0.05, 0) is 37.1 Å². The van der Waals surface area contributed by atoms with Crippen molar-refractivity contribution in [2.75, 3.05) is 38.2 Å². The Bertz CT molecular complexity index is 1040. The number of anilines is 1. The molecule has 0 radical (unpaired) electrons. The Hall–Kier alpha value is -3.23. The number of amides is 1. The molecule has 1 amide bonds. The SMILES string of the molecule is CCCC(CCC)C(=O)N1CCN(c2ncnc3c2nnn3-c2ccc(OC)cc2)CC1. The van der Waals surface area contributed by atoms with Crippen LogP contribution in [0.1, 0.15) is 39.5 Å². The predicted octanol–water partition coefficient (Wildman–Crippen LogP) is 3.08. The van der Waals surface area contributed by atoms with E-state index in [1.54, 1.807) is 18.1 Å². The first kappa shape index (κ1) is 22.0. The van der Waals surface area contributed by atoms with E-state index in [9.17, 15) is 4.79 Å². The highest BCUT2D eigenvalue weighted by Crippen LogP contribution is 2.25. The molecule has 4 rings (SSSR count).